The Bertz CT molecular complexity index is 550. The van der Waals surface area contributed by atoms with Gasteiger partial charge in [-0.15, -0.1) is 0 Å². The lowest BCUT2D eigenvalue weighted by molar-refractivity contribution is -0.246. The summed E-state index contributed by atoms with van der Waals surface area (Å²) >= 11 is 5.86. The summed E-state index contributed by atoms with van der Waals surface area (Å²) in [4.78, 5) is 17.7. The second kappa shape index (κ2) is 9.41. The number of amides is 1. The maximum Gasteiger partial charge on any atom is 0.141 e. The van der Waals surface area contributed by atoms with E-state index in [1.165, 1.54) is 4.90 Å². The lowest BCUT2D eigenvalue weighted by Gasteiger charge is -2.42. The number of hydrogen-bond acceptors (Lipinski definition) is 4. The van der Waals surface area contributed by atoms with Crippen molar-refractivity contribution in [1.82, 2.24) is 9.80 Å². The normalized spacial score (nSPS) is 19.3. The van der Waals surface area contributed by atoms with E-state index in [1.807, 2.05) is 0 Å². The number of carboxylic acid groups (broad SMARTS) is 1. The summed E-state index contributed by atoms with van der Waals surface area (Å²) in [5.74, 6) is 0. The van der Waals surface area contributed by atoms with Crippen LogP contribution in [0.4, 0.5) is 10.5 Å². The molecule has 0 aromatic heterocycles. The van der Waals surface area contributed by atoms with Crippen molar-refractivity contribution in [3.63, 3.8) is 0 Å². The highest BCUT2D eigenvalue weighted by atomic mass is 35.5. The molecule has 1 aliphatic rings. The van der Waals surface area contributed by atoms with Gasteiger partial charge in [0.2, 0.25) is 0 Å². The first-order chi connectivity index (χ1) is 11.9. The summed E-state index contributed by atoms with van der Waals surface area (Å²) in [5.41, 5.74) is 0.614. The summed E-state index contributed by atoms with van der Waals surface area (Å²) in [6.45, 7) is 11.5. The molecule has 1 heterocycles. The average Bonchev–Trinajstić information content (AvgIpc) is 2.55. The van der Waals surface area contributed by atoms with Crippen molar-refractivity contribution in [1.29, 1.82) is 0 Å². The number of benzene rings is 1. The zero-order valence-electron chi connectivity index (χ0n) is 15.4. The maximum absolute atomic E-state index is 11.4. The lowest BCUT2D eigenvalue weighted by atomic mass is 10.1. The van der Waals surface area contributed by atoms with E-state index in [2.05, 4.69) is 30.6 Å². The van der Waals surface area contributed by atoms with Crippen molar-refractivity contribution in [3.8, 4) is 0 Å². The number of carbonyl (C=O) groups is 1. The summed E-state index contributed by atoms with van der Waals surface area (Å²) in [6, 6.07) is 7.98. The molecule has 6 heteroatoms. The first kappa shape index (κ1) is 20.0. The van der Waals surface area contributed by atoms with Crippen LogP contribution in [0.15, 0.2) is 24.3 Å². The Morgan fingerprint density at radius 3 is 2.52 bits per heavy atom. The van der Waals surface area contributed by atoms with Gasteiger partial charge in [-0.25, -0.2) is 0 Å². The Balaban J connectivity index is 1.76. The van der Waals surface area contributed by atoms with Crippen LogP contribution in [0.1, 0.15) is 33.6 Å². The highest BCUT2D eigenvalue weighted by molar-refractivity contribution is 6.30. The molecule has 1 aliphatic heterocycles. The van der Waals surface area contributed by atoms with Gasteiger partial charge in [0.25, 0.3) is 0 Å². The molecular weight excluding hydrogens is 338 g/mol. The maximum atomic E-state index is 11.4. The van der Waals surface area contributed by atoms with Gasteiger partial charge in [-0.1, -0.05) is 11.6 Å². The molecule has 1 atom stereocenters. The highest BCUT2D eigenvalue weighted by Crippen LogP contribution is 2.19. The molecule has 0 aliphatic carbocycles. The van der Waals surface area contributed by atoms with Gasteiger partial charge in [0, 0.05) is 49.0 Å². The van der Waals surface area contributed by atoms with Gasteiger partial charge in [-0.2, -0.15) is 0 Å². The molecule has 1 fully saturated rings. The van der Waals surface area contributed by atoms with E-state index in [0.29, 0.717) is 29.3 Å². The molecule has 1 saturated heterocycles. The van der Waals surface area contributed by atoms with E-state index in [9.17, 15) is 9.90 Å². The molecule has 2 rings (SSSR count). The summed E-state index contributed by atoms with van der Waals surface area (Å²) in [5, 5.41) is 12.0. The van der Waals surface area contributed by atoms with Crippen LogP contribution >= 0.6 is 11.6 Å². The van der Waals surface area contributed by atoms with Crippen LogP contribution < -0.4 is 10.0 Å². The Morgan fingerprint density at radius 2 is 1.96 bits per heavy atom. The largest absolute Gasteiger partial charge is 0.530 e. The molecule has 0 saturated carbocycles. The van der Waals surface area contributed by atoms with E-state index in [0.717, 1.165) is 39.0 Å². The Morgan fingerprint density at radius 1 is 1.28 bits per heavy atom. The van der Waals surface area contributed by atoms with Crippen LogP contribution in [-0.4, -0.2) is 60.7 Å². The highest BCUT2D eigenvalue weighted by Gasteiger charge is 2.24. The molecule has 25 heavy (non-hydrogen) atoms. The first-order valence-corrected chi connectivity index (χ1v) is 9.48. The van der Waals surface area contributed by atoms with E-state index in [4.69, 9.17) is 11.6 Å². The third-order valence-electron chi connectivity index (χ3n) is 4.89. The number of piperazine rings is 1. The predicted octanol–water partition coefficient (Wildman–Crippen LogP) is 2.68. The molecule has 1 aromatic carbocycles. The number of anilines is 1. The minimum atomic E-state index is -1.17. The van der Waals surface area contributed by atoms with Gasteiger partial charge < -0.3 is 19.7 Å². The van der Waals surface area contributed by atoms with E-state index in [1.54, 1.807) is 24.3 Å². The number of rotatable bonds is 7. The summed E-state index contributed by atoms with van der Waals surface area (Å²) in [7, 11) is 0. The number of nitrogens with zero attached hydrogens (tertiary/aromatic N) is 3. The van der Waals surface area contributed by atoms with Crippen LogP contribution in [0.2, 0.25) is 5.02 Å². The topological polar surface area (TPSA) is 49.8 Å². The fourth-order valence-electron chi connectivity index (χ4n) is 3.57. The van der Waals surface area contributed by atoms with E-state index < -0.39 is 6.09 Å². The molecule has 5 nitrogen and oxygen atoms in total. The summed E-state index contributed by atoms with van der Waals surface area (Å²) < 4.78 is 0. The van der Waals surface area contributed by atoms with Crippen molar-refractivity contribution in [3.05, 3.63) is 29.3 Å². The Labute approximate surface area is 156 Å². The SMILES string of the molecule is CC(C)N1CCN(CCCCN(C(=O)[O-])c2ccc(Cl)cc2)CC1C. The van der Waals surface area contributed by atoms with Crippen molar-refractivity contribution >= 4 is 23.4 Å². The van der Waals surface area contributed by atoms with Crippen LogP contribution in [0.3, 0.4) is 0 Å². The molecule has 1 amide bonds. The van der Waals surface area contributed by atoms with Crippen molar-refractivity contribution in [2.75, 3.05) is 37.6 Å². The summed E-state index contributed by atoms with van der Waals surface area (Å²) in [6.07, 6.45) is 0.628. The minimum Gasteiger partial charge on any atom is -0.530 e. The first-order valence-electron chi connectivity index (χ1n) is 9.10. The number of hydrogen-bond donors (Lipinski definition) is 0. The van der Waals surface area contributed by atoms with Crippen molar-refractivity contribution in [2.45, 2.75) is 45.7 Å². The van der Waals surface area contributed by atoms with Gasteiger partial charge in [0.05, 0.1) is 0 Å². The molecule has 1 aromatic rings. The van der Waals surface area contributed by atoms with Crippen LogP contribution in [-0.2, 0) is 0 Å². The van der Waals surface area contributed by atoms with Gasteiger partial charge in [0.1, 0.15) is 6.09 Å². The zero-order valence-corrected chi connectivity index (χ0v) is 16.2. The van der Waals surface area contributed by atoms with E-state index >= 15 is 0 Å². The monoisotopic (exact) mass is 366 g/mol. The van der Waals surface area contributed by atoms with Crippen LogP contribution in [0, 0.1) is 0 Å². The Kier molecular flexibility index (Phi) is 7.54. The Hall–Kier alpha value is -1.30. The second-order valence-electron chi connectivity index (χ2n) is 7.08. The predicted molar refractivity (Wildman–Crippen MR) is 101 cm³/mol. The minimum absolute atomic E-state index is 0.450. The molecular formula is C19H29ClN3O2-. The molecule has 0 spiro atoms. The van der Waals surface area contributed by atoms with Crippen LogP contribution in [0.25, 0.3) is 0 Å². The zero-order chi connectivity index (χ0) is 18.4. The van der Waals surface area contributed by atoms with Gasteiger partial charge in [0.15, 0.2) is 0 Å². The molecule has 0 N–H and O–H groups in total. The third-order valence-corrected chi connectivity index (χ3v) is 5.14. The molecule has 0 bridgehead atoms. The molecule has 0 radical (unpaired) electrons. The standard InChI is InChI=1S/C19H30ClN3O2/c1-15(2)22-13-12-21(14-16(22)3)10-4-5-11-23(19(24)25)18-8-6-17(20)7-9-18/h6-9,15-16H,4-5,10-14H2,1-3H3,(H,24,25)/p-1. The van der Waals surface area contributed by atoms with Gasteiger partial charge in [-0.3, -0.25) is 4.90 Å². The fourth-order valence-corrected chi connectivity index (χ4v) is 3.70. The second-order valence-corrected chi connectivity index (χ2v) is 7.52. The number of carbonyl (C=O) groups excluding carboxylic acids is 1. The molecule has 1 unspecified atom stereocenters. The lowest BCUT2D eigenvalue weighted by Crippen LogP contribution is -2.54. The van der Waals surface area contributed by atoms with E-state index in [-0.39, 0.29) is 0 Å². The number of unbranched alkanes of at least 4 members (excludes halogenated alkanes) is 1. The third kappa shape index (κ3) is 5.87. The van der Waals surface area contributed by atoms with Gasteiger partial charge >= 0.3 is 0 Å². The fraction of sp³-hybridized carbons (Fsp3) is 0.632. The smallest absolute Gasteiger partial charge is 0.141 e. The number of halogens is 1. The quantitative estimate of drug-likeness (QED) is 0.696. The average molecular weight is 367 g/mol. The van der Waals surface area contributed by atoms with Crippen molar-refractivity contribution < 1.29 is 9.90 Å². The molecule has 140 valence electrons. The van der Waals surface area contributed by atoms with Crippen LogP contribution in [0.5, 0.6) is 0 Å². The van der Waals surface area contributed by atoms with Crippen molar-refractivity contribution in [2.24, 2.45) is 0 Å². The van der Waals surface area contributed by atoms with Gasteiger partial charge in [-0.05, 0) is 64.4 Å².